The third-order valence-corrected chi connectivity index (χ3v) is 5.63. The predicted octanol–water partition coefficient (Wildman–Crippen LogP) is 2.64. The van der Waals surface area contributed by atoms with Crippen molar-refractivity contribution in [1.29, 1.82) is 0 Å². The van der Waals surface area contributed by atoms with Crippen molar-refractivity contribution in [2.45, 2.75) is 25.4 Å². The van der Waals surface area contributed by atoms with E-state index in [0.717, 1.165) is 6.42 Å². The minimum Gasteiger partial charge on any atom is -0.480 e. The summed E-state index contributed by atoms with van der Waals surface area (Å²) in [7, 11) is 0. The van der Waals surface area contributed by atoms with E-state index in [2.05, 4.69) is 4.98 Å². The van der Waals surface area contributed by atoms with Crippen LogP contribution in [0.15, 0.2) is 30.5 Å². The zero-order valence-electron chi connectivity index (χ0n) is 16.2. The van der Waals surface area contributed by atoms with E-state index >= 15 is 0 Å². The number of pyridine rings is 1. The molecule has 9 heteroatoms. The highest BCUT2D eigenvalue weighted by Crippen LogP contribution is 2.34. The first-order chi connectivity index (χ1) is 14.4. The summed E-state index contributed by atoms with van der Waals surface area (Å²) in [5, 5.41) is 9.77. The van der Waals surface area contributed by atoms with Gasteiger partial charge in [-0.25, -0.2) is 9.37 Å². The fourth-order valence-corrected chi connectivity index (χ4v) is 3.82. The largest absolute Gasteiger partial charge is 0.480 e. The van der Waals surface area contributed by atoms with Crippen molar-refractivity contribution < 1.29 is 23.8 Å². The molecule has 1 atom stereocenters. The van der Waals surface area contributed by atoms with E-state index in [1.165, 1.54) is 23.2 Å². The molecule has 158 valence electrons. The van der Waals surface area contributed by atoms with Crippen LogP contribution in [0.4, 0.5) is 10.2 Å². The standard InChI is InChI=1S/C21H21ClFN3O4/c22-16-8-13(3-4-17(16)23)14-9-18-21(24-10-14)26(20(29)12-30-18)11-19(28)25-6-1-2-15(27)5-7-25/h3-4,8-10,15,27H,1-2,5-7,11-12H2. The molecule has 4 rings (SSSR count). The van der Waals surface area contributed by atoms with Crippen LogP contribution in [0.2, 0.25) is 5.02 Å². The Morgan fingerprint density at radius 2 is 2.10 bits per heavy atom. The summed E-state index contributed by atoms with van der Waals surface area (Å²) >= 11 is 5.86. The highest BCUT2D eigenvalue weighted by atomic mass is 35.5. The van der Waals surface area contributed by atoms with Gasteiger partial charge in [0, 0.05) is 24.8 Å². The molecule has 2 aliphatic rings. The topological polar surface area (TPSA) is 83.0 Å². The van der Waals surface area contributed by atoms with E-state index in [9.17, 15) is 19.1 Å². The molecule has 1 N–H and O–H groups in total. The monoisotopic (exact) mass is 433 g/mol. The zero-order valence-corrected chi connectivity index (χ0v) is 16.9. The molecule has 3 heterocycles. The van der Waals surface area contributed by atoms with Gasteiger partial charge in [0.1, 0.15) is 12.4 Å². The molecule has 30 heavy (non-hydrogen) atoms. The number of hydrogen-bond acceptors (Lipinski definition) is 5. The molecule has 2 aromatic rings. The average molecular weight is 434 g/mol. The first kappa shape index (κ1) is 20.6. The van der Waals surface area contributed by atoms with Crippen LogP contribution in [0.5, 0.6) is 5.75 Å². The average Bonchev–Trinajstić information content (AvgIpc) is 2.96. The van der Waals surface area contributed by atoms with Crippen LogP contribution < -0.4 is 9.64 Å². The molecule has 0 radical (unpaired) electrons. The molecule has 1 saturated heterocycles. The lowest BCUT2D eigenvalue weighted by molar-refractivity contribution is -0.132. The van der Waals surface area contributed by atoms with Crippen LogP contribution in [0.1, 0.15) is 19.3 Å². The van der Waals surface area contributed by atoms with Gasteiger partial charge in [-0.1, -0.05) is 17.7 Å². The van der Waals surface area contributed by atoms with Crippen LogP contribution in [-0.4, -0.2) is 59.1 Å². The first-order valence-corrected chi connectivity index (χ1v) is 10.1. The normalized spacial score (nSPS) is 19.2. The second-order valence-electron chi connectivity index (χ2n) is 7.41. The van der Waals surface area contributed by atoms with Crippen molar-refractivity contribution in [3.8, 4) is 16.9 Å². The minimum atomic E-state index is -0.515. The molecular weight excluding hydrogens is 413 g/mol. The number of carbonyl (C=O) groups is 2. The Hall–Kier alpha value is -2.71. The molecular formula is C21H21ClFN3O4. The zero-order chi connectivity index (χ0) is 21.3. The Kier molecular flexibility index (Phi) is 5.87. The Balaban J connectivity index is 1.55. The van der Waals surface area contributed by atoms with Gasteiger partial charge in [0.25, 0.3) is 5.91 Å². The van der Waals surface area contributed by atoms with Gasteiger partial charge in [-0.05, 0) is 43.0 Å². The third-order valence-electron chi connectivity index (χ3n) is 5.34. The number of carbonyl (C=O) groups excluding carboxylic acids is 2. The van der Waals surface area contributed by atoms with Crippen LogP contribution >= 0.6 is 11.6 Å². The lowest BCUT2D eigenvalue weighted by atomic mass is 10.1. The van der Waals surface area contributed by atoms with Gasteiger partial charge in [-0.2, -0.15) is 0 Å². The van der Waals surface area contributed by atoms with Crippen LogP contribution in [-0.2, 0) is 9.59 Å². The maximum Gasteiger partial charge on any atom is 0.266 e. The molecule has 0 spiro atoms. The van der Waals surface area contributed by atoms with Crippen molar-refractivity contribution >= 4 is 29.2 Å². The van der Waals surface area contributed by atoms with Crippen molar-refractivity contribution in [3.63, 3.8) is 0 Å². The van der Waals surface area contributed by atoms with Crippen LogP contribution in [0, 0.1) is 5.82 Å². The molecule has 2 aliphatic heterocycles. The molecule has 1 fully saturated rings. The number of rotatable bonds is 3. The highest BCUT2D eigenvalue weighted by Gasteiger charge is 2.31. The predicted molar refractivity (Wildman–Crippen MR) is 109 cm³/mol. The molecule has 0 saturated carbocycles. The van der Waals surface area contributed by atoms with Gasteiger partial charge < -0.3 is 14.7 Å². The quantitative estimate of drug-likeness (QED) is 0.804. The molecule has 1 aromatic heterocycles. The second kappa shape index (κ2) is 8.57. The number of aliphatic hydroxyl groups is 1. The lowest BCUT2D eigenvalue weighted by Gasteiger charge is -2.30. The first-order valence-electron chi connectivity index (χ1n) is 9.77. The van der Waals surface area contributed by atoms with Crippen LogP contribution in [0.3, 0.4) is 0 Å². The number of halogens is 2. The summed E-state index contributed by atoms with van der Waals surface area (Å²) in [5.74, 6) is -0.422. The summed E-state index contributed by atoms with van der Waals surface area (Å²) < 4.78 is 19.0. The van der Waals surface area contributed by atoms with Gasteiger partial charge in [0.2, 0.25) is 5.91 Å². The Labute approximate surface area is 178 Å². The fraction of sp³-hybridized carbons (Fsp3) is 0.381. The van der Waals surface area contributed by atoms with Gasteiger partial charge in [0.15, 0.2) is 18.2 Å². The molecule has 1 unspecified atom stereocenters. The number of fused-ring (bicyclic) bond motifs is 1. The van der Waals surface area contributed by atoms with E-state index < -0.39 is 11.9 Å². The Bertz CT molecular complexity index is 987. The maximum absolute atomic E-state index is 13.4. The number of anilines is 1. The van der Waals surface area contributed by atoms with Crippen molar-refractivity contribution in [3.05, 3.63) is 41.3 Å². The summed E-state index contributed by atoms with van der Waals surface area (Å²) in [6.45, 7) is 0.677. The number of aliphatic hydroxyl groups excluding tert-OH is 1. The second-order valence-corrected chi connectivity index (χ2v) is 7.82. The lowest BCUT2D eigenvalue weighted by Crippen LogP contribution is -2.47. The fourth-order valence-electron chi connectivity index (χ4n) is 3.64. The molecule has 7 nitrogen and oxygen atoms in total. The van der Waals surface area contributed by atoms with Crippen molar-refractivity contribution in [2.24, 2.45) is 0 Å². The molecule has 0 aliphatic carbocycles. The number of aromatic nitrogens is 1. The summed E-state index contributed by atoms with van der Waals surface area (Å²) in [4.78, 5) is 32.5. The van der Waals surface area contributed by atoms with Crippen molar-refractivity contribution in [1.82, 2.24) is 9.88 Å². The van der Waals surface area contributed by atoms with E-state index in [1.54, 1.807) is 17.0 Å². The number of amides is 2. The SMILES string of the molecule is O=C(CN1C(=O)COc2cc(-c3ccc(F)c(Cl)c3)cnc21)N1CCCC(O)CC1. The number of nitrogens with zero attached hydrogens (tertiary/aromatic N) is 3. The van der Waals surface area contributed by atoms with E-state index in [4.69, 9.17) is 16.3 Å². The number of likely N-dealkylation sites (tertiary alicyclic amines) is 1. The third kappa shape index (κ3) is 4.24. The highest BCUT2D eigenvalue weighted by molar-refractivity contribution is 6.31. The molecule has 1 aromatic carbocycles. The summed E-state index contributed by atoms with van der Waals surface area (Å²) in [5.41, 5.74) is 1.31. The molecule has 2 amide bonds. The smallest absolute Gasteiger partial charge is 0.266 e. The van der Waals surface area contributed by atoms with Crippen molar-refractivity contribution in [2.75, 3.05) is 31.1 Å². The Morgan fingerprint density at radius 3 is 2.90 bits per heavy atom. The summed E-state index contributed by atoms with van der Waals surface area (Å²) in [6.07, 6.45) is 3.06. The van der Waals surface area contributed by atoms with Gasteiger partial charge in [0.05, 0.1) is 11.1 Å². The maximum atomic E-state index is 13.4. The van der Waals surface area contributed by atoms with E-state index in [-0.39, 0.29) is 35.8 Å². The number of hydrogen-bond donors (Lipinski definition) is 1. The minimum absolute atomic E-state index is 0.00360. The van der Waals surface area contributed by atoms with E-state index in [1.807, 2.05) is 0 Å². The Morgan fingerprint density at radius 1 is 1.27 bits per heavy atom. The molecule has 0 bridgehead atoms. The van der Waals surface area contributed by atoms with Gasteiger partial charge in [-0.3, -0.25) is 14.5 Å². The number of ether oxygens (including phenoxy) is 1. The van der Waals surface area contributed by atoms with Gasteiger partial charge in [-0.15, -0.1) is 0 Å². The van der Waals surface area contributed by atoms with Crippen LogP contribution in [0.25, 0.3) is 11.1 Å². The summed E-state index contributed by atoms with van der Waals surface area (Å²) in [6, 6.07) is 6.03. The van der Waals surface area contributed by atoms with Gasteiger partial charge >= 0.3 is 0 Å². The van der Waals surface area contributed by atoms with E-state index in [0.29, 0.717) is 42.8 Å². The number of benzene rings is 1.